The maximum atomic E-state index is 12.8. The summed E-state index contributed by atoms with van der Waals surface area (Å²) in [6.45, 7) is 3.22. The first-order valence-electron chi connectivity index (χ1n) is 22.7. The van der Waals surface area contributed by atoms with Crippen molar-refractivity contribution in [3.63, 3.8) is 0 Å². The molecule has 10 nitrogen and oxygen atoms in total. The van der Waals surface area contributed by atoms with Crippen LogP contribution in [0.1, 0.15) is 155 Å². The van der Waals surface area contributed by atoms with E-state index in [0.29, 0.717) is 12.8 Å². The molecule has 0 amide bonds. The van der Waals surface area contributed by atoms with Crippen LogP contribution in [0.2, 0.25) is 0 Å². The minimum Gasteiger partial charge on any atom is -0.462 e. The van der Waals surface area contributed by atoms with Crippen LogP contribution in [0.5, 0.6) is 0 Å². The van der Waals surface area contributed by atoms with E-state index < -0.39 is 55.4 Å². The number of unbranched alkanes of at least 4 members (excludes halogenated alkanes) is 12. The Balaban J connectivity index is 2.37. The summed E-state index contributed by atoms with van der Waals surface area (Å²) in [5.41, 5.74) is 0. The summed E-state index contributed by atoms with van der Waals surface area (Å²) >= 11 is 0. The van der Waals surface area contributed by atoms with Crippen LogP contribution < -0.4 is 0 Å². The summed E-state index contributed by atoms with van der Waals surface area (Å²) in [5.74, 6) is -0.870. The van der Waals surface area contributed by atoms with Gasteiger partial charge < -0.3 is 39.4 Å². The summed E-state index contributed by atoms with van der Waals surface area (Å²) in [6.07, 6.45) is 43.0. The number of hydrogen-bond donors (Lipinski definition) is 4. The first-order chi connectivity index (χ1) is 28.8. The maximum Gasteiger partial charge on any atom is 0.306 e. The number of rotatable bonds is 36. The summed E-state index contributed by atoms with van der Waals surface area (Å²) in [5, 5.41) is 40.1. The molecular formula is C49H80O10. The van der Waals surface area contributed by atoms with Gasteiger partial charge in [0.25, 0.3) is 0 Å². The molecule has 1 heterocycles. The van der Waals surface area contributed by atoms with Gasteiger partial charge in [0, 0.05) is 12.8 Å². The van der Waals surface area contributed by atoms with Crippen molar-refractivity contribution in [3.05, 3.63) is 85.1 Å². The molecule has 0 radical (unpaired) electrons. The molecule has 0 aromatic rings. The maximum absolute atomic E-state index is 12.8. The third-order valence-electron chi connectivity index (χ3n) is 9.79. The molecular weight excluding hydrogens is 749 g/mol. The second-order valence-electron chi connectivity index (χ2n) is 15.1. The largest absolute Gasteiger partial charge is 0.462 e. The predicted octanol–water partition coefficient (Wildman–Crippen LogP) is 9.77. The van der Waals surface area contributed by atoms with E-state index in [-0.39, 0.29) is 26.1 Å². The van der Waals surface area contributed by atoms with Crippen molar-refractivity contribution in [1.29, 1.82) is 0 Å². The van der Waals surface area contributed by atoms with Crippen LogP contribution in [-0.4, -0.2) is 89.0 Å². The fraction of sp³-hybridized carbons (Fsp3) is 0.673. The van der Waals surface area contributed by atoms with Gasteiger partial charge in [-0.1, -0.05) is 144 Å². The smallest absolute Gasteiger partial charge is 0.306 e. The normalized spacial score (nSPS) is 20.8. The van der Waals surface area contributed by atoms with Crippen LogP contribution in [0.3, 0.4) is 0 Å². The highest BCUT2D eigenvalue weighted by Gasteiger charge is 2.44. The van der Waals surface area contributed by atoms with Crippen molar-refractivity contribution in [3.8, 4) is 0 Å². The number of ether oxygens (including phenoxy) is 4. The van der Waals surface area contributed by atoms with E-state index in [1.54, 1.807) is 0 Å². The summed E-state index contributed by atoms with van der Waals surface area (Å²) in [4.78, 5) is 25.3. The molecule has 0 saturated carbocycles. The Morgan fingerprint density at radius 2 is 1.05 bits per heavy atom. The average molecular weight is 829 g/mol. The lowest BCUT2D eigenvalue weighted by atomic mass is 9.99. The number of carbonyl (C=O) groups excluding carboxylic acids is 2. The van der Waals surface area contributed by atoms with Crippen molar-refractivity contribution in [2.45, 2.75) is 192 Å². The molecule has 0 bridgehead atoms. The van der Waals surface area contributed by atoms with E-state index in [1.165, 1.54) is 25.7 Å². The Bertz CT molecular complexity index is 1230. The molecule has 1 aliphatic heterocycles. The molecule has 6 atom stereocenters. The van der Waals surface area contributed by atoms with Crippen LogP contribution in [0.4, 0.5) is 0 Å². The van der Waals surface area contributed by atoms with Gasteiger partial charge in [0.2, 0.25) is 0 Å². The van der Waals surface area contributed by atoms with E-state index in [9.17, 15) is 30.0 Å². The van der Waals surface area contributed by atoms with Gasteiger partial charge in [-0.2, -0.15) is 0 Å². The van der Waals surface area contributed by atoms with Gasteiger partial charge in [-0.25, -0.2) is 0 Å². The van der Waals surface area contributed by atoms with Gasteiger partial charge in [-0.3, -0.25) is 9.59 Å². The molecule has 1 saturated heterocycles. The molecule has 1 rings (SSSR count). The van der Waals surface area contributed by atoms with Gasteiger partial charge in [0.05, 0.1) is 13.2 Å². The third-order valence-corrected chi connectivity index (χ3v) is 9.79. The highest BCUT2D eigenvalue weighted by molar-refractivity contribution is 5.70. The van der Waals surface area contributed by atoms with Gasteiger partial charge in [0.1, 0.15) is 31.0 Å². The molecule has 1 aliphatic rings. The van der Waals surface area contributed by atoms with Gasteiger partial charge >= 0.3 is 11.9 Å². The monoisotopic (exact) mass is 829 g/mol. The number of aliphatic hydroxyl groups excluding tert-OH is 4. The standard InChI is InChI=1S/C49H80O10/c1-3-5-7-9-11-13-15-17-19-20-21-22-24-25-27-29-31-33-35-37-44(51)56-40-42(41-57-49-48(55)47(54)46(53)43(39-50)59-49)58-45(52)38-36-34-32-30-28-26-23-18-16-14-12-10-8-6-4-2/h5,7,11,13-14,16-19,21-23,25,27,42-43,46-50,53-55H,3-4,6,8-10,12,15,20,24,26,28-41H2,1-2H3/b7-5+,13-11+,16-14+,19-17+,22-21+,23-18+,27-25+/t42-,43-,46+,47?,48?,49-/m0/s1. The number of esters is 2. The molecule has 59 heavy (non-hydrogen) atoms. The van der Waals surface area contributed by atoms with E-state index in [1.807, 2.05) is 0 Å². The number of hydrogen-bond acceptors (Lipinski definition) is 10. The lowest BCUT2D eigenvalue weighted by Crippen LogP contribution is -2.59. The fourth-order valence-corrected chi connectivity index (χ4v) is 6.20. The molecule has 4 N–H and O–H groups in total. The minimum atomic E-state index is -1.61. The summed E-state index contributed by atoms with van der Waals surface area (Å²) in [7, 11) is 0. The quantitative estimate of drug-likeness (QED) is 0.0208. The lowest BCUT2D eigenvalue weighted by Gasteiger charge is -2.39. The fourth-order valence-electron chi connectivity index (χ4n) is 6.20. The number of carbonyl (C=O) groups is 2. The van der Waals surface area contributed by atoms with E-state index >= 15 is 0 Å². The second kappa shape index (κ2) is 39.0. The topological polar surface area (TPSA) is 152 Å². The second-order valence-corrected chi connectivity index (χ2v) is 15.1. The Kier molecular flexibility index (Phi) is 35.7. The van der Waals surface area contributed by atoms with Crippen molar-refractivity contribution >= 4 is 11.9 Å². The summed E-state index contributed by atoms with van der Waals surface area (Å²) < 4.78 is 22.1. The Hall–Kier alpha value is -3.12. The van der Waals surface area contributed by atoms with E-state index in [4.69, 9.17) is 18.9 Å². The van der Waals surface area contributed by atoms with E-state index in [2.05, 4.69) is 98.9 Å². The zero-order valence-corrected chi connectivity index (χ0v) is 36.5. The van der Waals surface area contributed by atoms with Gasteiger partial charge in [0.15, 0.2) is 12.4 Å². The molecule has 10 heteroatoms. The van der Waals surface area contributed by atoms with Crippen LogP contribution in [0.15, 0.2) is 85.1 Å². The zero-order chi connectivity index (χ0) is 43.0. The molecule has 0 aromatic heterocycles. The predicted molar refractivity (Wildman–Crippen MR) is 237 cm³/mol. The molecule has 0 aliphatic carbocycles. The van der Waals surface area contributed by atoms with Crippen molar-refractivity contribution in [2.75, 3.05) is 19.8 Å². The molecule has 1 fully saturated rings. The first kappa shape index (κ1) is 53.9. The minimum absolute atomic E-state index is 0.200. The molecule has 0 aromatic carbocycles. The van der Waals surface area contributed by atoms with Crippen LogP contribution in [0.25, 0.3) is 0 Å². The highest BCUT2D eigenvalue weighted by Crippen LogP contribution is 2.22. The van der Waals surface area contributed by atoms with Crippen LogP contribution in [-0.2, 0) is 28.5 Å². The van der Waals surface area contributed by atoms with Crippen molar-refractivity contribution < 1.29 is 49.0 Å². The van der Waals surface area contributed by atoms with Crippen molar-refractivity contribution in [2.24, 2.45) is 0 Å². The van der Waals surface area contributed by atoms with Gasteiger partial charge in [-0.15, -0.1) is 0 Å². The van der Waals surface area contributed by atoms with Crippen LogP contribution >= 0.6 is 0 Å². The van der Waals surface area contributed by atoms with Crippen molar-refractivity contribution in [1.82, 2.24) is 0 Å². The average Bonchev–Trinajstić information content (AvgIpc) is 3.23. The Labute approximate surface area is 356 Å². The lowest BCUT2D eigenvalue weighted by molar-refractivity contribution is -0.305. The molecule has 336 valence electrons. The van der Waals surface area contributed by atoms with E-state index in [0.717, 1.165) is 89.9 Å². The van der Waals surface area contributed by atoms with Gasteiger partial charge in [-0.05, 0) is 83.5 Å². The zero-order valence-electron chi connectivity index (χ0n) is 36.5. The molecule has 2 unspecified atom stereocenters. The SMILES string of the molecule is CC/C=C/C/C=C/C/C=C/C/C=C/C/C=C/CCCCCC(=O)OC[C@@H](CO[C@H]1O[C@@H](CO)[C@@H](O)C(O)C1O)OC(=O)CCCCCCC/C=C/C=C/CCCCCC. The molecule has 0 spiro atoms. The van der Waals surface area contributed by atoms with Crippen LogP contribution in [0, 0.1) is 0 Å². The third kappa shape index (κ3) is 30.5. The highest BCUT2D eigenvalue weighted by atomic mass is 16.7. The Morgan fingerprint density at radius 3 is 1.63 bits per heavy atom. The number of allylic oxidation sites excluding steroid dienone is 14. The first-order valence-corrected chi connectivity index (χ1v) is 22.7. The number of aliphatic hydroxyl groups is 4. The Morgan fingerprint density at radius 1 is 0.559 bits per heavy atom. The summed E-state index contributed by atoms with van der Waals surface area (Å²) in [6, 6.07) is 0.